The zero-order valence-electron chi connectivity index (χ0n) is 14.8. The van der Waals surface area contributed by atoms with Crippen LogP contribution in [-0.2, 0) is 0 Å². The third kappa shape index (κ3) is 3.26. The van der Waals surface area contributed by atoms with Gasteiger partial charge in [0, 0.05) is 35.5 Å². The number of piperidine rings is 1. The monoisotopic (exact) mass is 363 g/mol. The van der Waals surface area contributed by atoms with Gasteiger partial charge < -0.3 is 15.2 Å². The molecule has 2 saturated heterocycles. The molecule has 0 saturated carbocycles. The van der Waals surface area contributed by atoms with Gasteiger partial charge in [-0.05, 0) is 49.4 Å². The van der Waals surface area contributed by atoms with Gasteiger partial charge in [-0.15, -0.1) is 10.2 Å². The third-order valence-electron chi connectivity index (χ3n) is 5.46. The van der Waals surface area contributed by atoms with Crippen molar-refractivity contribution in [3.63, 3.8) is 0 Å². The summed E-state index contributed by atoms with van der Waals surface area (Å²) in [6.45, 7) is 0. The SMILES string of the molecule is Oc1cc(-c2cn[nH]c2)ccc1-c1ccc(OC2CC3CCC(C2)N3)nn1. The highest BCUT2D eigenvalue weighted by atomic mass is 16.5. The molecule has 2 bridgehead atoms. The average molecular weight is 363 g/mol. The number of hydrogen-bond acceptors (Lipinski definition) is 6. The summed E-state index contributed by atoms with van der Waals surface area (Å²) in [5, 5.41) is 29.2. The minimum Gasteiger partial charge on any atom is -0.507 e. The zero-order chi connectivity index (χ0) is 18.2. The fourth-order valence-electron chi connectivity index (χ4n) is 4.14. The van der Waals surface area contributed by atoms with Crippen molar-refractivity contribution in [2.75, 3.05) is 0 Å². The van der Waals surface area contributed by atoms with E-state index in [1.165, 1.54) is 12.8 Å². The first kappa shape index (κ1) is 16.3. The van der Waals surface area contributed by atoms with Crippen molar-refractivity contribution in [3.8, 4) is 34.0 Å². The van der Waals surface area contributed by atoms with E-state index in [0.29, 0.717) is 29.2 Å². The van der Waals surface area contributed by atoms with Crippen LogP contribution in [0.15, 0.2) is 42.7 Å². The first-order chi connectivity index (χ1) is 13.2. The molecule has 2 aliphatic heterocycles. The van der Waals surface area contributed by atoms with E-state index in [1.54, 1.807) is 18.5 Å². The van der Waals surface area contributed by atoms with Crippen LogP contribution in [0.4, 0.5) is 0 Å². The highest BCUT2D eigenvalue weighted by Crippen LogP contribution is 2.33. The minimum atomic E-state index is 0.159. The molecule has 2 aliphatic rings. The molecule has 138 valence electrons. The number of nitrogens with zero attached hydrogens (tertiary/aromatic N) is 3. The second kappa shape index (κ2) is 6.66. The van der Waals surface area contributed by atoms with Crippen molar-refractivity contribution in [2.24, 2.45) is 0 Å². The molecule has 0 radical (unpaired) electrons. The number of rotatable bonds is 4. The molecule has 7 nitrogen and oxygen atoms in total. The molecule has 27 heavy (non-hydrogen) atoms. The number of benzene rings is 1. The van der Waals surface area contributed by atoms with Gasteiger partial charge in [0.05, 0.1) is 11.9 Å². The summed E-state index contributed by atoms with van der Waals surface area (Å²) >= 11 is 0. The minimum absolute atomic E-state index is 0.159. The number of fused-ring (bicyclic) bond motifs is 2. The molecule has 7 heteroatoms. The number of aromatic hydroxyl groups is 1. The molecule has 4 heterocycles. The average Bonchev–Trinajstić information content (AvgIpc) is 3.32. The Balaban J connectivity index is 1.31. The molecule has 3 aromatic rings. The van der Waals surface area contributed by atoms with Crippen LogP contribution in [0.25, 0.3) is 22.4 Å². The maximum atomic E-state index is 10.4. The van der Waals surface area contributed by atoms with E-state index in [1.807, 2.05) is 24.3 Å². The number of nitrogens with one attached hydrogen (secondary N) is 2. The molecular formula is C20H21N5O2. The number of aromatic nitrogens is 4. The number of H-pyrrole nitrogens is 1. The lowest BCUT2D eigenvalue weighted by Crippen LogP contribution is -2.42. The first-order valence-corrected chi connectivity index (χ1v) is 9.33. The van der Waals surface area contributed by atoms with Gasteiger partial charge in [0.15, 0.2) is 0 Å². The molecule has 3 N–H and O–H groups in total. The van der Waals surface area contributed by atoms with Crippen LogP contribution < -0.4 is 10.1 Å². The van der Waals surface area contributed by atoms with Gasteiger partial charge >= 0.3 is 0 Å². The van der Waals surface area contributed by atoms with E-state index in [9.17, 15) is 5.11 Å². The molecular weight excluding hydrogens is 342 g/mol. The van der Waals surface area contributed by atoms with E-state index >= 15 is 0 Å². The summed E-state index contributed by atoms with van der Waals surface area (Å²) in [6, 6.07) is 10.3. The van der Waals surface area contributed by atoms with Gasteiger partial charge in [-0.1, -0.05) is 6.07 Å². The number of hydrogen-bond donors (Lipinski definition) is 3. The maximum Gasteiger partial charge on any atom is 0.233 e. The molecule has 2 atom stereocenters. The topological polar surface area (TPSA) is 96.0 Å². The lowest BCUT2D eigenvalue weighted by atomic mass is 10.0. The van der Waals surface area contributed by atoms with Crippen molar-refractivity contribution >= 4 is 0 Å². The summed E-state index contributed by atoms with van der Waals surface area (Å²) in [7, 11) is 0. The molecule has 5 rings (SSSR count). The fourth-order valence-corrected chi connectivity index (χ4v) is 4.14. The summed E-state index contributed by atoms with van der Waals surface area (Å²) in [6.07, 6.45) is 8.23. The summed E-state index contributed by atoms with van der Waals surface area (Å²) in [5.74, 6) is 0.700. The largest absolute Gasteiger partial charge is 0.507 e. The highest BCUT2D eigenvalue weighted by molar-refractivity contribution is 5.73. The number of phenolic OH excluding ortho intramolecular Hbond substituents is 1. The van der Waals surface area contributed by atoms with Crippen molar-refractivity contribution in [2.45, 2.75) is 43.9 Å². The van der Waals surface area contributed by atoms with E-state index in [4.69, 9.17) is 4.74 Å². The van der Waals surface area contributed by atoms with Gasteiger partial charge in [-0.25, -0.2) is 0 Å². The number of phenols is 1. The Labute approximate surface area is 156 Å². The van der Waals surface area contributed by atoms with E-state index in [2.05, 4.69) is 25.7 Å². The van der Waals surface area contributed by atoms with Crippen LogP contribution in [0, 0.1) is 0 Å². The van der Waals surface area contributed by atoms with Crippen LogP contribution in [0.2, 0.25) is 0 Å². The molecule has 2 aromatic heterocycles. The highest BCUT2D eigenvalue weighted by Gasteiger charge is 2.34. The van der Waals surface area contributed by atoms with Crippen LogP contribution in [0.3, 0.4) is 0 Å². The Bertz CT molecular complexity index is 914. The smallest absolute Gasteiger partial charge is 0.233 e. The van der Waals surface area contributed by atoms with Gasteiger partial charge in [0.2, 0.25) is 5.88 Å². The van der Waals surface area contributed by atoms with Gasteiger partial charge in [-0.3, -0.25) is 5.10 Å². The van der Waals surface area contributed by atoms with E-state index in [0.717, 1.165) is 24.0 Å². The summed E-state index contributed by atoms with van der Waals surface area (Å²) in [5.41, 5.74) is 3.06. The van der Waals surface area contributed by atoms with Crippen LogP contribution in [-0.4, -0.2) is 43.7 Å². The first-order valence-electron chi connectivity index (χ1n) is 9.33. The van der Waals surface area contributed by atoms with Crippen molar-refractivity contribution in [3.05, 3.63) is 42.7 Å². The van der Waals surface area contributed by atoms with Crippen LogP contribution >= 0.6 is 0 Å². The molecule has 1 aromatic carbocycles. The summed E-state index contributed by atoms with van der Waals surface area (Å²) in [4.78, 5) is 0. The number of aromatic amines is 1. The normalized spacial score (nSPS) is 24.1. The number of ether oxygens (including phenoxy) is 1. The predicted molar refractivity (Wildman–Crippen MR) is 100 cm³/mol. The van der Waals surface area contributed by atoms with Crippen molar-refractivity contribution < 1.29 is 9.84 Å². The second-order valence-corrected chi connectivity index (χ2v) is 7.32. The van der Waals surface area contributed by atoms with Gasteiger partial charge in [0.1, 0.15) is 11.9 Å². The Kier molecular flexibility index (Phi) is 4.01. The maximum absolute atomic E-state index is 10.4. The summed E-state index contributed by atoms with van der Waals surface area (Å²) < 4.78 is 6.04. The third-order valence-corrected chi connectivity index (χ3v) is 5.46. The van der Waals surface area contributed by atoms with Gasteiger partial charge in [0.25, 0.3) is 0 Å². The van der Waals surface area contributed by atoms with Crippen LogP contribution in [0.5, 0.6) is 11.6 Å². The lowest BCUT2D eigenvalue weighted by molar-refractivity contribution is 0.130. The quantitative estimate of drug-likeness (QED) is 0.660. The van der Waals surface area contributed by atoms with Crippen LogP contribution in [0.1, 0.15) is 25.7 Å². The molecule has 2 unspecified atom stereocenters. The standard InChI is InChI=1S/C20H21N5O2/c26-19-7-12(13-10-21-22-11-13)1-4-17(19)18-5-6-20(25-24-18)27-16-8-14-2-3-15(9-16)23-14/h1,4-7,10-11,14-16,23,26H,2-3,8-9H2,(H,21,22). The molecule has 0 spiro atoms. The molecule has 2 fully saturated rings. The zero-order valence-corrected chi connectivity index (χ0v) is 14.8. The van der Waals surface area contributed by atoms with E-state index in [-0.39, 0.29) is 11.9 Å². The Morgan fingerprint density at radius 2 is 1.85 bits per heavy atom. The Morgan fingerprint density at radius 1 is 1.00 bits per heavy atom. The van der Waals surface area contributed by atoms with Crippen molar-refractivity contribution in [1.29, 1.82) is 0 Å². The lowest BCUT2D eigenvalue weighted by Gasteiger charge is -2.28. The fraction of sp³-hybridized carbons (Fsp3) is 0.350. The predicted octanol–water partition coefficient (Wildman–Crippen LogP) is 2.90. The second-order valence-electron chi connectivity index (χ2n) is 7.32. The molecule has 0 aliphatic carbocycles. The Morgan fingerprint density at radius 3 is 2.52 bits per heavy atom. The molecule has 0 amide bonds. The Hall–Kier alpha value is -2.93. The van der Waals surface area contributed by atoms with Gasteiger partial charge in [-0.2, -0.15) is 5.10 Å². The van der Waals surface area contributed by atoms with Crippen molar-refractivity contribution in [1.82, 2.24) is 25.7 Å². The van der Waals surface area contributed by atoms with E-state index < -0.39 is 0 Å².